The Bertz CT molecular complexity index is 1350. The molecule has 1 heterocycles. The lowest BCUT2D eigenvalue weighted by molar-refractivity contribution is -0.130. The summed E-state index contributed by atoms with van der Waals surface area (Å²) in [4.78, 5) is 14.1. The van der Waals surface area contributed by atoms with E-state index < -0.39 is 15.9 Å². The number of aromatic nitrogens is 2. The molecule has 0 N–H and O–H groups in total. The molecule has 9 heteroatoms. The fourth-order valence-electron chi connectivity index (χ4n) is 3.21. The molecule has 0 fully saturated rings. The van der Waals surface area contributed by atoms with Crippen molar-refractivity contribution in [2.75, 3.05) is 20.6 Å². The Morgan fingerprint density at radius 3 is 2.34 bits per heavy atom. The van der Waals surface area contributed by atoms with Crippen LogP contribution in [0.4, 0.5) is 0 Å². The first-order valence-corrected chi connectivity index (χ1v) is 11.4. The number of carbonyl (C=O) groups is 1. The molecule has 0 aliphatic heterocycles. The number of fused-ring (bicyclic) bond motifs is 1. The largest absolute Gasteiger partial charge is 0.419 e. The fourth-order valence-corrected chi connectivity index (χ4v) is 4.37. The highest BCUT2D eigenvalue weighted by Gasteiger charge is 2.25. The van der Waals surface area contributed by atoms with Crippen LogP contribution in [0.25, 0.3) is 22.2 Å². The van der Waals surface area contributed by atoms with Crippen LogP contribution in [-0.2, 0) is 21.4 Å². The number of amides is 1. The summed E-state index contributed by atoms with van der Waals surface area (Å²) < 4.78 is 32.6. The van der Waals surface area contributed by atoms with E-state index >= 15 is 0 Å². The van der Waals surface area contributed by atoms with Crippen molar-refractivity contribution in [3.8, 4) is 11.5 Å². The molecule has 0 radical (unpaired) electrons. The molecule has 4 aromatic rings. The molecule has 32 heavy (non-hydrogen) atoms. The zero-order valence-corrected chi connectivity index (χ0v) is 18.5. The molecule has 8 nitrogen and oxygen atoms in total. The Kier molecular flexibility index (Phi) is 6.02. The molecular weight excluding hydrogens is 428 g/mol. The molecule has 164 valence electrons. The van der Waals surface area contributed by atoms with E-state index in [0.29, 0.717) is 5.89 Å². The van der Waals surface area contributed by atoms with Gasteiger partial charge in [-0.2, -0.15) is 4.31 Å². The fraction of sp³-hybridized carbons (Fsp3) is 0.174. The van der Waals surface area contributed by atoms with Gasteiger partial charge < -0.3 is 9.32 Å². The number of carbonyl (C=O) groups excluding carboxylic acids is 1. The van der Waals surface area contributed by atoms with Gasteiger partial charge in [-0.1, -0.05) is 48.5 Å². The lowest BCUT2D eigenvalue weighted by Crippen LogP contribution is -2.39. The third-order valence-corrected chi connectivity index (χ3v) is 6.87. The van der Waals surface area contributed by atoms with Crippen molar-refractivity contribution in [2.45, 2.75) is 11.4 Å². The van der Waals surface area contributed by atoms with E-state index in [1.165, 1.54) is 11.9 Å². The first-order chi connectivity index (χ1) is 15.3. The first-order valence-electron chi connectivity index (χ1n) is 9.91. The van der Waals surface area contributed by atoms with Gasteiger partial charge in [0, 0.05) is 19.7 Å². The number of sulfonamides is 1. The lowest BCUT2D eigenvalue weighted by atomic mass is 10.1. The van der Waals surface area contributed by atoms with Gasteiger partial charge in [0.2, 0.25) is 27.7 Å². The van der Waals surface area contributed by atoms with E-state index in [2.05, 4.69) is 10.2 Å². The van der Waals surface area contributed by atoms with Crippen molar-refractivity contribution in [3.63, 3.8) is 0 Å². The van der Waals surface area contributed by atoms with Crippen molar-refractivity contribution in [1.82, 2.24) is 19.4 Å². The number of hydrogen-bond acceptors (Lipinski definition) is 6. The van der Waals surface area contributed by atoms with Gasteiger partial charge in [0.25, 0.3) is 0 Å². The van der Waals surface area contributed by atoms with Crippen molar-refractivity contribution in [1.29, 1.82) is 0 Å². The maximum Gasteiger partial charge on any atom is 0.247 e. The predicted octanol–water partition coefficient (Wildman–Crippen LogP) is 3.17. The van der Waals surface area contributed by atoms with Gasteiger partial charge in [-0.05, 0) is 35.0 Å². The molecule has 1 amide bonds. The van der Waals surface area contributed by atoms with Crippen LogP contribution in [0.1, 0.15) is 5.89 Å². The van der Waals surface area contributed by atoms with Gasteiger partial charge in [-0.15, -0.1) is 10.2 Å². The summed E-state index contributed by atoms with van der Waals surface area (Å²) in [6.07, 6.45) is 0. The predicted molar refractivity (Wildman–Crippen MR) is 120 cm³/mol. The summed E-state index contributed by atoms with van der Waals surface area (Å²) in [5.74, 6) is 0.230. The summed E-state index contributed by atoms with van der Waals surface area (Å²) in [5.41, 5.74) is 0.779. The molecule has 1 aromatic heterocycles. The van der Waals surface area contributed by atoms with E-state index in [9.17, 15) is 13.2 Å². The highest BCUT2D eigenvalue weighted by atomic mass is 32.2. The molecule has 0 atom stereocenters. The molecule has 4 rings (SSSR count). The number of nitrogens with zero attached hydrogens (tertiary/aromatic N) is 4. The molecule has 0 saturated carbocycles. The molecular formula is C23H22N4O4S. The molecule has 0 saturated heterocycles. The molecule has 0 bridgehead atoms. The average Bonchev–Trinajstić information content (AvgIpc) is 3.27. The average molecular weight is 451 g/mol. The molecule has 0 unspecified atom stereocenters. The van der Waals surface area contributed by atoms with Crippen molar-refractivity contribution in [2.24, 2.45) is 0 Å². The van der Waals surface area contributed by atoms with E-state index in [4.69, 9.17) is 4.42 Å². The Balaban J connectivity index is 1.42. The third kappa shape index (κ3) is 4.53. The summed E-state index contributed by atoms with van der Waals surface area (Å²) in [7, 11) is -0.883. The normalized spacial score (nSPS) is 11.7. The third-order valence-electron chi connectivity index (χ3n) is 5.07. The number of hydrogen-bond donors (Lipinski definition) is 0. The van der Waals surface area contributed by atoms with Gasteiger partial charge >= 0.3 is 0 Å². The zero-order chi connectivity index (χ0) is 22.7. The van der Waals surface area contributed by atoms with Gasteiger partial charge in [-0.3, -0.25) is 4.79 Å². The van der Waals surface area contributed by atoms with Gasteiger partial charge in [0.1, 0.15) is 0 Å². The minimum atomic E-state index is -3.83. The topological polar surface area (TPSA) is 96.6 Å². The van der Waals surface area contributed by atoms with Gasteiger partial charge in [0.05, 0.1) is 18.0 Å². The second-order valence-corrected chi connectivity index (χ2v) is 9.43. The smallest absolute Gasteiger partial charge is 0.247 e. The van der Waals surface area contributed by atoms with Crippen LogP contribution in [-0.4, -0.2) is 54.4 Å². The minimum absolute atomic E-state index is 0.0720. The summed E-state index contributed by atoms with van der Waals surface area (Å²) in [5, 5.41) is 9.74. The Morgan fingerprint density at radius 1 is 0.906 bits per heavy atom. The monoisotopic (exact) mass is 450 g/mol. The van der Waals surface area contributed by atoms with E-state index in [1.54, 1.807) is 25.2 Å². The van der Waals surface area contributed by atoms with Crippen LogP contribution < -0.4 is 0 Å². The van der Waals surface area contributed by atoms with Crippen molar-refractivity contribution in [3.05, 3.63) is 78.7 Å². The first kappa shape index (κ1) is 21.7. The molecule has 3 aromatic carbocycles. The quantitative estimate of drug-likeness (QED) is 0.429. The van der Waals surface area contributed by atoms with Gasteiger partial charge in [-0.25, -0.2) is 8.42 Å². The summed E-state index contributed by atoms with van der Waals surface area (Å²) in [6, 6.07) is 21.7. The highest BCUT2D eigenvalue weighted by molar-refractivity contribution is 7.89. The van der Waals surface area contributed by atoms with Crippen LogP contribution in [0.2, 0.25) is 0 Å². The van der Waals surface area contributed by atoms with Crippen molar-refractivity contribution < 1.29 is 17.6 Å². The van der Waals surface area contributed by atoms with Crippen LogP contribution >= 0.6 is 0 Å². The van der Waals surface area contributed by atoms with E-state index in [-0.39, 0.29) is 23.9 Å². The summed E-state index contributed by atoms with van der Waals surface area (Å²) in [6.45, 7) is -0.242. The van der Waals surface area contributed by atoms with Crippen LogP contribution in [0.15, 0.2) is 82.1 Å². The van der Waals surface area contributed by atoms with E-state index in [0.717, 1.165) is 20.6 Å². The number of rotatable bonds is 7. The maximum absolute atomic E-state index is 13.0. The maximum atomic E-state index is 13.0. The SMILES string of the molecule is CN(Cc1nnc(-c2ccccc2)o1)C(=O)CN(C)S(=O)(=O)c1ccc2ccccc2c1. The molecule has 0 aliphatic carbocycles. The Hall–Kier alpha value is -3.56. The molecule has 0 spiro atoms. The Labute approximate surface area is 186 Å². The number of benzene rings is 3. The van der Waals surface area contributed by atoms with Crippen LogP contribution in [0, 0.1) is 0 Å². The highest BCUT2D eigenvalue weighted by Crippen LogP contribution is 2.21. The number of likely N-dealkylation sites (N-methyl/N-ethyl adjacent to an activating group) is 2. The zero-order valence-electron chi connectivity index (χ0n) is 17.7. The van der Waals surface area contributed by atoms with Gasteiger partial charge in [0.15, 0.2) is 0 Å². The van der Waals surface area contributed by atoms with Crippen LogP contribution in [0.3, 0.4) is 0 Å². The van der Waals surface area contributed by atoms with E-state index in [1.807, 2.05) is 54.6 Å². The second-order valence-electron chi connectivity index (χ2n) is 7.39. The minimum Gasteiger partial charge on any atom is -0.419 e. The second kappa shape index (κ2) is 8.89. The standard InChI is InChI=1S/C23H22N4O4S/c1-26(15-21-24-25-23(31-21)18-9-4-3-5-10-18)22(28)16-27(2)32(29,30)20-13-12-17-8-6-7-11-19(17)14-20/h3-14H,15-16H2,1-2H3. The van der Waals surface area contributed by atoms with Crippen LogP contribution in [0.5, 0.6) is 0 Å². The Morgan fingerprint density at radius 2 is 1.59 bits per heavy atom. The van der Waals surface area contributed by atoms with Crippen molar-refractivity contribution >= 4 is 26.7 Å². The molecule has 0 aliphatic rings. The summed E-state index contributed by atoms with van der Waals surface area (Å²) >= 11 is 0. The lowest BCUT2D eigenvalue weighted by Gasteiger charge is -2.21.